The molecule has 80 valence electrons. The maximum Gasteiger partial charge on any atom is 0.0696 e. The molecule has 0 unspecified atom stereocenters. The zero-order chi connectivity index (χ0) is 9.92. The van der Waals surface area contributed by atoms with E-state index in [1.165, 1.54) is 32.1 Å². The minimum absolute atomic E-state index is 0.243. The van der Waals surface area contributed by atoms with E-state index in [0.717, 1.165) is 11.8 Å². The zero-order valence-corrected chi connectivity index (χ0v) is 8.95. The summed E-state index contributed by atoms with van der Waals surface area (Å²) in [6, 6.07) is 0. The molecule has 0 heterocycles. The second kappa shape index (κ2) is 2.73. The van der Waals surface area contributed by atoms with E-state index in [2.05, 4.69) is 0 Å². The quantitative estimate of drug-likeness (QED) is 0.666. The van der Waals surface area contributed by atoms with Crippen molar-refractivity contribution in [2.45, 2.75) is 50.7 Å². The molecule has 2 nitrogen and oxygen atoms in total. The molecule has 4 aliphatic rings. The lowest BCUT2D eigenvalue weighted by Crippen LogP contribution is -2.67. The predicted molar refractivity (Wildman–Crippen MR) is 55.6 cm³/mol. The first-order chi connectivity index (χ1) is 6.60. The zero-order valence-electron chi connectivity index (χ0n) is 8.95. The van der Waals surface area contributed by atoms with Gasteiger partial charge in [-0.05, 0) is 62.7 Å². The van der Waals surface area contributed by atoms with E-state index >= 15 is 0 Å². The summed E-state index contributed by atoms with van der Waals surface area (Å²) >= 11 is 0. The van der Waals surface area contributed by atoms with E-state index in [1.54, 1.807) is 0 Å². The lowest BCUT2D eigenvalue weighted by atomic mass is 9.48. The van der Waals surface area contributed by atoms with Crippen LogP contribution in [-0.2, 0) is 0 Å². The topological polar surface area (TPSA) is 46.2 Å². The molecule has 0 aliphatic heterocycles. The van der Waals surface area contributed by atoms with Crippen molar-refractivity contribution in [2.75, 3.05) is 0 Å². The standard InChI is InChI=1S/C12H21NO/c1-7(14)12(13)10-3-8-2-9(5-10)6-11(12)4-8/h7-11,14H,2-6,13H2,1H3/t7-,8?,9?,10?,11?,12?/m0/s1. The number of aliphatic hydroxyl groups is 1. The van der Waals surface area contributed by atoms with Gasteiger partial charge >= 0.3 is 0 Å². The number of nitrogens with two attached hydrogens (primary N) is 1. The van der Waals surface area contributed by atoms with Gasteiger partial charge in [0.2, 0.25) is 0 Å². The monoisotopic (exact) mass is 195 g/mol. The molecule has 0 aromatic rings. The van der Waals surface area contributed by atoms with Crippen molar-refractivity contribution in [1.29, 1.82) is 0 Å². The van der Waals surface area contributed by atoms with Gasteiger partial charge in [0, 0.05) is 5.54 Å². The van der Waals surface area contributed by atoms with E-state index in [-0.39, 0.29) is 11.6 Å². The van der Waals surface area contributed by atoms with E-state index in [9.17, 15) is 5.11 Å². The first kappa shape index (κ1) is 9.17. The second-order valence-corrected chi connectivity index (χ2v) is 5.98. The van der Waals surface area contributed by atoms with Crippen molar-refractivity contribution < 1.29 is 5.11 Å². The van der Waals surface area contributed by atoms with Gasteiger partial charge in [-0.2, -0.15) is 0 Å². The molecule has 4 fully saturated rings. The fourth-order valence-electron chi connectivity index (χ4n) is 4.68. The highest BCUT2D eigenvalue weighted by Crippen LogP contribution is 2.58. The lowest BCUT2D eigenvalue weighted by Gasteiger charge is -2.60. The van der Waals surface area contributed by atoms with Gasteiger partial charge < -0.3 is 10.8 Å². The van der Waals surface area contributed by atoms with Crippen LogP contribution in [0.2, 0.25) is 0 Å². The molecule has 0 saturated heterocycles. The summed E-state index contributed by atoms with van der Waals surface area (Å²) < 4.78 is 0. The smallest absolute Gasteiger partial charge is 0.0696 e. The van der Waals surface area contributed by atoms with Gasteiger partial charge in [-0.15, -0.1) is 0 Å². The van der Waals surface area contributed by atoms with Gasteiger partial charge in [0.15, 0.2) is 0 Å². The average Bonchev–Trinajstić information content (AvgIpc) is 2.12. The van der Waals surface area contributed by atoms with Crippen molar-refractivity contribution in [2.24, 2.45) is 29.4 Å². The molecule has 3 N–H and O–H groups in total. The molecule has 4 saturated carbocycles. The van der Waals surface area contributed by atoms with E-state index < -0.39 is 0 Å². The maximum absolute atomic E-state index is 9.92. The van der Waals surface area contributed by atoms with Crippen LogP contribution in [0.5, 0.6) is 0 Å². The molecular formula is C12H21NO. The van der Waals surface area contributed by atoms with E-state index in [4.69, 9.17) is 5.73 Å². The van der Waals surface area contributed by atoms with Crippen molar-refractivity contribution in [3.63, 3.8) is 0 Å². The Hall–Kier alpha value is -0.0800. The normalized spacial score (nSPS) is 57.6. The molecule has 14 heavy (non-hydrogen) atoms. The predicted octanol–water partition coefficient (Wildman–Crippen LogP) is 1.52. The van der Waals surface area contributed by atoms with Crippen LogP contribution in [0.4, 0.5) is 0 Å². The Morgan fingerprint density at radius 1 is 1.07 bits per heavy atom. The molecule has 0 spiro atoms. The molecule has 0 aromatic carbocycles. The van der Waals surface area contributed by atoms with Gasteiger partial charge in [0.05, 0.1) is 6.10 Å². The Kier molecular flexibility index (Phi) is 1.79. The lowest BCUT2D eigenvalue weighted by molar-refractivity contribution is -0.103. The van der Waals surface area contributed by atoms with Crippen LogP contribution in [0, 0.1) is 23.7 Å². The molecule has 0 aromatic heterocycles. The van der Waals surface area contributed by atoms with E-state index in [1.807, 2.05) is 6.92 Å². The summed E-state index contributed by atoms with van der Waals surface area (Å²) in [5.74, 6) is 3.10. The second-order valence-electron chi connectivity index (χ2n) is 5.98. The number of hydrogen-bond donors (Lipinski definition) is 2. The van der Waals surface area contributed by atoms with Crippen molar-refractivity contribution in [1.82, 2.24) is 0 Å². The third kappa shape index (κ3) is 0.989. The minimum Gasteiger partial charge on any atom is -0.391 e. The van der Waals surface area contributed by atoms with Gasteiger partial charge in [-0.25, -0.2) is 0 Å². The van der Waals surface area contributed by atoms with Gasteiger partial charge in [0.25, 0.3) is 0 Å². The molecule has 0 radical (unpaired) electrons. The molecule has 0 amide bonds. The summed E-state index contributed by atoms with van der Waals surface area (Å²) in [4.78, 5) is 0. The number of aliphatic hydroxyl groups excluding tert-OH is 1. The van der Waals surface area contributed by atoms with Crippen molar-refractivity contribution in [3.8, 4) is 0 Å². The number of hydrogen-bond acceptors (Lipinski definition) is 2. The van der Waals surface area contributed by atoms with Crippen molar-refractivity contribution in [3.05, 3.63) is 0 Å². The SMILES string of the molecule is C[C@H](O)C1(N)C2CC3CC(C2)CC1C3. The Labute approximate surface area is 85.9 Å². The summed E-state index contributed by atoms with van der Waals surface area (Å²) in [5, 5.41) is 9.92. The Balaban J connectivity index is 1.94. The van der Waals surface area contributed by atoms with Gasteiger partial charge in [0.1, 0.15) is 0 Å². The molecule has 1 atom stereocenters. The van der Waals surface area contributed by atoms with Crippen LogP contribution >= 0.6 is 0 Å². The minimum atomic E-state index is -0.322. The highest BCUT2D eigenvalue weighted by molar-refractivity contribution is 5.11. The third-order valence-electron chi connectivity index (χ3n) is 5.28. The summed E-state index contributed by atoms with van der Waals surface area (Å²) in [6.07, 6.45) is 6.27. The van der Waals surface area contributed by atoms with Crippen LogP contribution in [-0.4, -0.2) is 16.7 Å². The van der Waals surface area contributed by atoms with Crippen molar-refractivity contribution >= 4 is 0 Å². The fraction of sp³-hybridized carbons (Fsp3) is 1.00. The molecular weight excluding hydrogens is 174 g/mol. The van der Waals surface area contributed by atoms with Gasteiger partial charge in [-0.1, -0.05) is 0 Å². The fourth-order valence-corrected chi connectivity index (χ4v) is 4.68. The Morgan fingerprint density at radius 2 is 1.50 bits per heavy atom. The first-order valence-electron chi connectivity index (χ1n) is 6.07. The van der Waals surface area contributed by atoms with Crippen LogP contribution in [0.25, 0.3) is 0 Å². The highest BCUT2D eigenvalue weighted by atomic mass is 16.3. The van der Waals surface area contributed by atoms with Crippen LogP contribution in [0.1, 0.15) is 39.0 Å². The highest BCUT2D eigenvalue weighted by Gasteiger charge is 2.57. The Morgan fingerprint density at radius 3 is 1.86 bits per heavy atom. The molecule has 2 heteroatoms. The first-order valence-corrected chi connectivity index (χ1v) is 6.07. The largest absolute Gasteiger partial charge is 0.391 e. The van der Waals surface area contributed by atoms with Crippen LogP contribution < -0.4 is 5.73 Å². The molecule has 4 aliphatic carbocycles. The third-order valence-corrected chi connectivity index (χ3v) is 5.28. The molecule has 4 bridgehead atoms. The van der Waals surface area contributed by atoms with Crippen LogP contribution in [0.3, 0.4) is 0 Å². The van der Waals surface area contributed by atoms with Crippen LogP contribution in [0.15, 0.2) is 0 Å². The Bertz CT molecular complexity index is 221. The van der Waals surface area contributed by atoms with Gasteiger partial charge in [-0.3, -0.25) is 0 Å². The summed E-state index contributed by atoms with van der Waals surface area (Å²) in [7, 11) is 0. The summed E-state index contributed by atoms with van der Waals surface area (Å²) in [5.41, 5.74) is 6.24. The summed E-state index contributed by atoms with van der Waals surface area (Å²) in [6.45, 7) is 1.89. The van der Waals surface area contributed by atoms with E-state index in [0.29, 0.717) is 11.8 Å². The maximum atomic E-state index is 9.92. The average molecular weight is 195 g/mol. The molecule has 4 rings (SSSR count). The number of rotatable bonds is 1.